The van der Waals surface area contributed by atoms with Crippen LogP contribution in [-0.2, 0) is 9.59 Å². The molecule has 1 rings (SSSR count). The summed E-state index contributed by atoms with van der Waals surface area (Å²) in [6, 6.07) is 9.22. The number of carboxylic acids is 1. The number of hydrogen-bond donors (Lipinski definition) is 2. The van der Waals surface area contributed by atoms with Crippen molar-refractivity contribution in [3.05, 3.63) is 48.6 Å². The minimum atomic E-state index is -0.902. The Labute approximate surface area is 106 Å². The van der Waals surface area contributed by atoms with Gasteiger partial charge in [-0.15, -0.1) is 6.58 Å². The van der Waals surface area contributed by atoms with E-state index in [1.807, 2.05) is 30.3 Å². The van der Waals surface area contributed by atoms with E-state index < -0.39 is 5.97 Å². The lowest BCUT2D eigenvalue weighted by atomic mass is 9.92. The molecular weight excluding hydrogens is 230 g/mol. The maximum Gasteiger partial charge on any atom is 0.303 e. The number of nitrogens with one attached hydrogen (secondary N) is 1. The van der Waals surface area contributed by atoms with Crippen molar-refractivity contribution in [2.45, 2.75) is 18.8 Å². The van der Waals surface area contributed by atoms with Gasteiger partial charge in [0.2, 0.25) is 5.91 Å². The highest BCUT2D eigenvalue weighted by atomic mass is 16.4. The second-order valence-electron chi connectivity index (χ2n) is 4.00. The van der Waals surface area contributed by atoms with Gasteiger partial charge in [-0.25, -0.2) is 0 Å². The highest BCUT2D eigenvalue weighted by Gasteiger charge is 2.18. The minimum absolute atomic E-state index is 0.0501. The normalized spacial score (nSPS) is 11.6. The van der Waals surface area contributed by atoms with Crippen LogP contribution in [0.4, 0.5) is 0 Å². The van der Waals surface area contributed by atoms with Crippen molar-refractivity contribution in [2.75, 3.05) is 6.54 Å². The average molecular weight is 247 g/mol. The van der Waals surface area contributed by atoms with E-state index >= 15 is 0 Å². The van der Waals surface area contributed by atoms with E-state index in [1.54, 1.807) is 6.08 Å². The van der Waals surface area contributed by atoms with Gasteiger partial charge in [-0.1, -0.05) is 36.4 Å². The summed E-state index contributed by atoms with van der Waals surface area (Å²) in [5.74, 6) is -1.36. The third-order valence-electron chi connectivity index (χ3n) is 2.57. The van der Waals surface area contributed by atoms with Crippen LogP contribution in [0, 0.1) is 0 Å². The van der Waals surface area contributed by atoms with Crippen molar-refractivity contribution in [1.82, 2.24) is 5.32 Å². The van der Waals surface area contributed by atoms with E-state index in [1.165, 1.54) is 0 Å². The van der Waals surface area contributed by atoms with E-state index in [0.717, 1.165) is 5.56 Å². The Morgan fingerprint density at radius 3 is 2.50 bits per heavy atom. The summed E-state index contributed by atoms with van der Waals surface area (Å²) >= 11 is 0. The smallest absolute Gasteiger partial charge is 0.303 e. The van der Waals surface area contributed by atoms with E-state index in [0.29, 0.717) is 6.54 Å². The average Bonchev–Trinajstić information content (AvgIpc) is 2.36. The third-order valence-corrected chi connectivity index (χ3v) is 2.57. The molecule has 1 atom stereocenters. The molecule has 1 amide bonds. The van der Waals surface area contributed by atoms with Crippen LogP contribution in [0.25, 0.3) is 0 Å². The summed E-state index contributed by atoms with van der Waals surface area (Å²) in [6.45, 7) is 3.91. The summed E-state index contributed by atoms with van der Waals surface area (Å²) in [7, 11) is 0. The van der Waals surface area contributed by atoms with Gasteiger partial charge in [0.1, 0.15) is 0 Å². The number of carbonyl (C=O) groups is 2. The number of benzene rings is 1. The van der Waals surface area contributed by atoms with Crippen LogP contribution in [0.1, 0.15) is 24.3 Å². The van der Waals surface area contributed by atoms with E-state index in [9.17, 15) is 9.59 Å². The molecule has 4 heteroatoms. The first-order chi connectivity index (χ1) is 8.63. The molecule has 96 valence electrons. The Hall–Kier alpha value is -2.10. The summed E-state index contributed by atoms with van der Waals surface area (Å²) in [6.07, 6.45) is 1.71. The number of carboxylic acid groups (broad SMARTS) is 1. The third kappa shape index (κ3) is 4.82. The summed E-state index contributed by atoms with van der Waals surface area (Å²) in [5, 5.41) is 11.5. The van der Waals surface area contributed by atoms with Gasteiger partial charge in [0.25, 0.3) is 0 Å². The van der Waals surface area contributed by atoms with Crippen molar-refractivity contribution >= 4 is 11.9 Å². The van der Waals surface area contributed by atoms with Crippen LogP contribution in [0.2, 0.25) is 0 Å². The van der Waals surface area contributed by atoms with Crippen molar-refractivity contribution in [3.8, 4) is 0 Å². The standard InChI is InChI=1S/C14H17NO3/c1-2-8-15-13(16)9-12(10-14(17)18)11-6-4-3-5-7-11/h2-7,12H,1,8-10H2,(H,15,16)(H,17,18)/t12-/m1/s1. The quantitative estimate of drug-likeness (QED) is 0.723. The first-order valence-corrected chi connectivity index (χ1v) is 5.77. The Balaban J connectivity index is 2.70. The molecule has 0 saturated heterocycles. The van der Waals surface area contributed by atoms with Crippen LogP contribution in [0.3, 0.4) is 0 Å². The van der Waals surface area contributed by atoms with Crippen molar-refractivity contribution in [3.63, 3.8) is 0 Å². The van der Waals surface area contributed by atoms with Crippen LogP contribution < -0.4 is 5.32 Å². The zero-order chi connectivity index (χ0) is 13.4. The molecule has 0 radical (unpaired) electrons. The second-order valence-corrected chi connectivity index (χ2v) is 4.00. The molecule has 0 bridgehead atoms. The van der Waals surface area contributed by atoms with Gasteiger partial charge in [-0.2, -0.15) is 0 Å². The molecule has 4 nitrogen and oxygen atoms in total. The van der Waals surface area contributed by atoms with Crippen molar-refractivity contribution < 1.29 is 14.7 Å². The monoisotopic (exact) mass is 247 g/mol. The minimum Gasteiger partial charge on any atom is -0.481 e. The lowest BCUT2D eigenvalue weighted by molar-refractivity contribution is -0.137. The lowest BCUT2D eigenvalue weighted by Crippen LogP contribution is -2.25. The predicted molar refractivity (Wildman–Crippen MR) is 69.3 cm³/mol. The molecule has 0 heterocycles. The molecule has 1 aromatic rings. The van der Waals surface area contributed by atoms with Gasteiger partial charge in [-0.05, 0) is 5.56 Å². The maximum absolute atomic E-state index is 11.6. The molecule has 0 saturated carbocycles. The summed E-state index contributed by atoms with van der Waals surface area (Å²) in [5.41, 5.74) is 0.869. The molecule has 0 unspecified atom stereocenters. The fourth-order valence-corrected chi connectivity index (χ4v) is 1.73. The molecule has 0 aliphatic rings. The van der Waals surface area contributed by atoms with E-state index in [2.05, 4.69) is 11.9 Å². The van der Waals surface area contributed by atoms with Gasteiger partial charge < -0.3 is 10.4 Å². The van der Waals surface area contributed by atoms with Gasteiger partial charge in [0, 0.05) is 18.9 Å². The maximum atomic E-state index is 11.6. The fourth-order valence-electron chi connectivity index (χ4n) is 1.73. The Morgan fingerprint density at radius 2 is 1.94 bits per heavy atom. The topological polar surface area (TPSA) is 66.4 Å². The van der Waals surface area contributed by atoms with Crippen LogP contribution in [0.5, 0.6) is 0 Å². The van der Waals surface area contributed by atoms with Gasteiger partial charge in [0.15, 0.2) is 0 Å². The highest BCUT2D eigenvalue weighted by molar-refractivity contribution is 5.78. The number of hydrogen-bond acceptors (Lipinski definition) is 2. The van der Waals surface area contributed by atoms with Crippen LogP contribution in [0.15, 0.2) is 43.0 Å². The van der Waals surface area contributed by atoms with Crippen molar-refractivity contribution in [1.29, 1.82) is 0 Å². The van der Waals surface area contributed by atoms with Gasteiger partial charge in [-0.3, -0.25) is 9.59 Å². The number of rotatable bonds is 7. The fraction of sp³-hybridized carbons (Fsp3) is 0.286. The molecule has 0 fully saturated rings. The van der Waals surface area contributed by atoms with Gasteiger partial charge >= 0.3 is 5.97 Å². The molecule has 1 aromatic carbocycles. The highest BCUT2D eigenvalue weighted by Crippen LogP contribution is 2.23. The lowest BCUT2D eigenvalue weighted by Gasteiger charge is -2.14. The number of amides is 1. The van der Waals surface area contributed by atoms with Crippen molar-refractivity contribution in [2.24, 2.45) is 0 Å². The molecule has 0 aliphatic carbocycles. The summed E-state index contributed by atoms with van der Waals surface area (Å²) in [4.78, 5) is 22.4. The molecular formula is C14H17NO3. The first-order valence-electron chi connectivity index (χ1n) is 5.77. The first kappa shape index (κ1) is 14.0. The summed E-state index contributed by atoms with van der Waals surface area (Å²) < 4.78 is 0. The van der Waals surface area contributed by atoms with E-state index in [-0.39, 0.29) is 24.7 Å². The number of aliphatic carboxylic acids is 1. The predicted octanol–water partition coefficient (Wildman–Crippen LogP) is 1.94. The zero-order valence-electron chi connectivity index (χ0n) is 10.1. The molecule has 0 aliphatic heterocycles. The largest absolute Gasteiger partial charge is 0.481 e. The number of carbonyl (C=O) groups excluding carboxylic acids is 1. The van der Waals surface area contributed by atoms with Crippen LogP contribution in [-0.4, -0.2) is 23.5 Å². The van der Waals surface area contributed by atoms with Gasteiger partial charge in [0.05, 0.1) is 6.42 Å². The second kappa shape index (κ2) is 7.27. The van der Waals surface area contributed by atoms with Crippen LogP contribution >= 0.6 is 0 Å². The molecule has 18 heavy (non-hydrogen) atoms. The molecule has 0 aromatic heterocycles. The zero-order valence-corrected chi connectivity index (χ0v) is 10.1. The SMILES string of the molecule is C=CCNC(=O)C[C@H](CC(=O)O)c1ccccc1. The Morgan fingerprint density at radius 1 is 1.28 bits per heavy atom. The Kier molecular flexibility index (Phi) is 5.64. The van der Waals surface area contributed by atoms with E-state index in [4.69, 9.17) is 5.11 Å². The molecule has 0 spiro atoms. The Bertz CT molecular complexity index is 414. The molecule has 2 N–H and O–H groups in total.